The Morgan fingerprint density at radius 2 is 0.882 bits per heavy atom. The van der Waals surface area contributed by atoms with Crippen LogP contribution in [0.5, 0.6) is 0 Å². The summed E-state index contributed by atoms with van der Waals surface area (Å²) in [6, 6.07) is 79.7. The molecule has 0 aliphatic rings. The van der Waals surface area contributed by atoms with Crippen molar-refractivity contribution in [1.82, 2.24) is 15.0 Å². The van der Waals surface area contributed by atoms with E-state index in [9.17, 15) is 0 Å². The predicted octanol–water partition coefficient (Wildman–Crippen LogP) is 15.1. The second-order valence-corrected chi connectivity index (χ2v) is 16.9. The van der Waals surface area contributed by atoms with Gasteiger partial charge in [0.1, 0.15) is 0 Å². The molecule has 0 radical (unpaired) electrons. The van der Waals surface area contributed by atoms with Crippen molar-refractivity contribution in [2.75, 3.05) is 0 Å². The van der Waals surface area contributed by atoms with Gasteiger partial charge in [-0.05, 0) is 137 Å². The van der Waals surface area contributed by atoms with Gasteiger partial charge >= 0.3 is 20.1 Å². The van der Waals surface area contributed by atoms with Crippen LogP contribution in [0.4, 0.5) is 0 Å². The van der Waals surface area contributed by atoms with Crippen LogP contribution in [-0.4, -0.2) is 15.0 Å². The van der Waals surface area contributed by atoms with Gasteiger partial charge in [0.25, 0.3) is 0 Å². The number of hydrogen-bond donors (Lipinski definition) is 0. The first kappa shape index (κ1) is 47.1. The SMILES string of the molecule is Cc1cc(-c2ccccc2)cc(C)c1-c1ccnc(-c2[c-]cccc2)c1.[Ir+3].[c-]1ccccc1-c1cc(CCc2ccccc2Cc2ccccc2CCc2cc[c-]c(-c3ccccn3)c2)ccn1. The van der Waals surface area contributed by atoms with Gasteiger partial charge < -0.3 is 15.0 Å². The van der Waals surface area contributed by atoms with Crippen molar-refractivity contribution in [3.8, 4) is 56.0 Å². The van der Waals surface area contributed by atoms with Crippen molar-refractivity contribution >= 4 is 0 Å². The van der Waals surface area contributed by atoms with Crippen molar-refractivity contribution in [2.24, 2.45) is 0 Å². The number of nitrogens with zero attached hydrogens (tertiary/aromatic N) is 3. The maximum atomic E-state index is 4.57. The molecule has 0 aliphatic carbocycles. The van der Waals surface area contributed by atoms with E-state index in [1.807, 2.05) is 85.3 Å². The number of hydrogen-bond acceptors (Lipinski definition) is 3. The summed E-state index contributed by atoms with van der Waals surface area (Å²) in [6.07, 6.45) is 10.5. The minimum Gasteiger partial charge on any atom is -0.305 e. The Morgan fingerprint density at radius 1 is 0.353 bits per heavy atom. The second kappa shape index (κ2) is 23.4. The van der Waals surface area contributed by atoms with E-state index in [1.165, 1.54) is 66.8 Å². The monoisotopic (exact) mass is 1060 g/mol. The van der Waals surface area contributed by atoms with Crippen LogP contribution in [0.3, 0.4) is 0 Å². The van der Waals surface area contributed by atoms with Crippen LogP contribution in [0.25, 0.3) is 56.0 Å². The number of rotatable bonds is 13. The van der Waals surface area contributed by atoms with Crippen molar-refractivity contribution in [3.05, 3.63) is 281 Å². The zero-order chi connectivity index (χ0) is 45.6. The maximum Gasteiger partial charge on any atom is 3.00 e. The molecule has 0 unspecified atom stereocenters. The summed E-state index contributed by atoms with van der Waals surface area (Å²) in [6.45, 7) is 4.37. The van der Waals surface area contributed by atoms with Crippen LogP contribution in [0.2, 0.25) is 0 Å². The molecule has 0 saturated carbocycles. The van der Waals surface area contributed by atoms with Crippen LogP contribution in [0.1, 0.15) is 44.5 Å². The van der Waals surface area contributed by atoms with Gasteiger partial charge in [0, 0.05) is 18.6 Å². The molecule has 7 aromatic carbocycles. The van der Waals surface area contributed by atoms with Crippen molar-refractivity contribution < 1.29 is 20.1 Å². The van der Waals surface area contributed by atoms with Crippen molar-refractivity contribution in [3.63, 3.8) is 0 Å². The molecule has 0 fully saturated rings. The van der Waals surface area contributed by atoms with E-state index in [0.717, 1.165) is 65.9 Å². The Labute approximate surface area is 416 Å². The van der Waals surface area contributed by atoms with Crippen LogP contribution < -0.4 is 0 Å². The van der Waals surface area contributed by atoms with E-state index >= 15 is 0 Å². The molecule has 68 heavy (non-hydrogen) atoms. The molecule has 3 aromatic heterocycles. The molecule has 10 rings (SSSR count). The summed E-state index contributed by atoms with van der Waals surface area (Å²) in [7, 11) is 0. The van der Waals surface area contributed by atoms with Crippen LogP contribution >= 0.6 is 0 Å². The van der Waals surface area contributed by atoms with Crippen LogP contribution in [0, 0.1) is 32.0 Å². The smallest absolute Gasteiger partial charge is 0.305 e. The topological polar surface area (TPSA) is 38.7 Å². The molecule has 0 aliphatic heterocycles. The number of aryl methyl sites for hydroxylation is 6. The predicted molar refractivity (Wildman–Crippen MR) is 276 cm³/mol. The number of aromatic nitrogens is 3. The Kier molecular flexibility index (Phi) is 16.2. The van der Waals surface area contributed by atoms with Gasteiger partial charge in [-0.25, -0.2) is 0 Å². The summed E-state index contributed by atoms with van der Waals surface area (Å²) in [5, 5.41) is 0. The molecule has 0 atom stereocenters. The molecule has 0 bridgehead atoms. The van der Waals surface area contributed by atoms with Crippen LogP contribution in [0.15, 0.2) is 219 Å². The van der Waals surface area contributed by atoms with Gasteiger partial charge in [-0.2, -0.15) is 0 Å². The molecule has 0 spiro atoms. The van der Waals surface area contributed by atoms with E-state index in [1.54, 1.807) is 0 Å². The van der Waals surface area contributed by atoms with Crippen molar-refractivity contribution in [1.29, 1.82) is 0 Å². The molecule has 0 amide bonds. The molecule has 332 valence electrons. The molecular formula is C64H52IrN3. The first-order chi connectivity index (χ1) is 33.0. The third kappa shape index (κ3) is 12.1. The molecule has 3 heterocycles. The van der Waals surface area contributed by atoms with Gasteiger partial charge in [0.05, 0.1) is 0 Å². The zero-order valence-electron chi connectivity index (χ0n) is 38.5. The summed E-state index contributed by atoms with van der Waals surface area (Å²) in [5.74, 6) is 0. The minimum atomic E-state index is 0. The standard InChI is InChI=1S/C39H32N2.C25H20N.Ir/c1-2-14-34(15-3-1)39-28-31(24-26-41-39)21-23-33-13-5-7-17-36(33)29-35-16-6-4-12-32(35)22-20-30-11-10-18-37(27-30)38-19-8-9-25-40-38;1-18-15-23(20-9-5-3-6-10-20)16-19(2)25(18)22-13-14-26-24(17-22)21-11-7-4-8-12-21;/h1-14,16-17,19,24-28H,20-23,29H2;3-11,13-17H,1-2H3;/q-2;-1;+3. The first-order valence-electron chi connectivity index (χ1n) is 23.1. The quantitative estimate of drug-likeness (QED) is 0.108. The first-order valence-corrected chi connectivity index (χ1v) is 23.1. The van der Waals surface area contributed by atoms with Gasteiger partial charge in [0.2, 0.25) is 0 Å². The van der Waals surface area contributed by atoms with Gasteiger partial charge in [-0.3, -0.25) is 0 Å². The summed E-state index contributed by atoms with van der Waals surface area (Å²) >= 11 is 0. The number of pyridine rings is 3. The zero-order valence-corrected chi connectivity index (χ0v) is 40.9. The fourth-order valence-corrected chi connectivity index (χ4v) is 8.88. The summed E-state index contributed by atoms with van der Waals surface area (Å²) < 4.78 is 0. The Morgan fingerprint density at radius 3 is 1.49 bits per heavy atom. The summed E-state index contributed by atoms with van der Waals surface area (Å²) in [4.78, 5) is 13.6. The molecule has 0 saturated heterocycles. The largest absolute Gasteiger partial charge is 3.00 e. The Bertz CT molecular complexity index is 3020. The number of benzene rings is 7. The van der Waals surface area contributed by atoms with Gasteiger partial charge in [-0.1, -0.05) is 121 Å². The van der Waals surface area contributed by atoms with E-state index in [2.05, 4.69) is 180 Å². The Hall–Kier alpha value is -7.36. The third-order valence-corrected chi connectivity index (χ3v) is 12.3. The van der Waals surface area contributed by atoms with Crippen LogP contribution in [-0.2, 0) is 52.2 Å². The second-order valence-electron chi connectivity index (χ2n) is 16.9. The molecule has 3 nitrogen and oxygen atoms in total. The maximum absolute atomic E-state index is 4.57. The van der Waals surface area contributed by atoms with E-state index in [0.29, 0.717) is 0 Å². The average molecular weight is 1060 g/mol. The Balaban J connectivity index is 0.000000200. The van der Waals surface area contributed by atoms with Gasteiger partial charge in [-0.15, -0.1) is 107 Å². The molecule has 10 aromatic rings. The fraction of sp³-hybridized carbons (Fsp3) is 0.109. The van der Waals surface area contributed by atoms with E-state index in [4.69, 9.17) is 0 Å². The normalized spacial score (nSPS) is 10.7. The molecule has 0 N–H and O–H groups in total. The minimum absolute atomic E-state index is 0. The van der Waals surface area contributed by atoms with Crippen molar-refractivity contribution in [2.45, 2.75) is 46.0 Å². The fourth-order valence-electron chi connectivity index (χ4n) is 8.88. The third-order valence-electron chi connectivity index (χ3n) is 12.3. The van der Waals surface area contributed by atoms with E-state index in [-0.39, 0.29) is 20.1 Å². The van der Waals surface area contributed by atoms with Gasteiger partial charge in [0.15, 0.2) is 0 Å². The molecular weight excluding hydrogens is 1000 g/mol. The molecule has 4 heteroatoms. The average Bonchev–Trinajstić information content (AvgIpc) is 3.39. The van der Waals surface area contributed by atoms with E-state index < -0.39 is 0 Å². The summed E-state index contributed by atoms with van der Waals surface area (Å²) in [5.41, 5.74) is 21.8.